The summed E-state index contributed by atoms with van der Waals surface area (Å²) in [5.41, 5.74) is 1.55. The van der Waals surface area contributed by atoms with Crippen molar-refractivity contribution in [2.24, 2.45) is 0 Å². The molecule has 1 aliphatic rings. The molecule has 1 aliphatic heterocycles. The van der Waals surface area contributed by atoms with E-state index < -0.39 is 0 Å². The first-order valence-electron chi connectivity index (χ1n) is 11.3. The van der Waals surface area contributed by atoms with E-state index in [9.17, 15) is 14.4 Å². The number of hydrogen-bond donors (Lipinski definition) is 1. The number of amides is 2. The quantitative estimate of drug-likeness (QED) is 0.273. The highest BCUT2D eigenvalue weighted by molar-refractivity contribution is 7.99. The Morgan fingerprint density at radius 1 is 1.25 bits per heavy atom. The first kappa shape index (κ1) is 24.7. The van der Waals surface area contributed by atoms with Crippen molar-refractivity contribution in [3.63, 3.8) is 0 Å². The van der Waals surface area contributed by atoms with Gasteiger partial charge >= 0.3 is 0 Å². The lowest BCUT2D eigenvalue weighted by atomic mass is 10.1. The second-order valence-corrected chi connectivity index (χ2v) is 11.2. The normalized spacial score (nSPS) is 13.1. The lowest BCUT2D eigenvalue weighted by Gasteiger charge is -2.25. The molecule has 5 rings (SSSR count). The van der Waals surface area contributed by atoms with Crippen LogP contribution in [-0.4, -0.2) is 44.8 Å². The number of carbonyl (C=O) groups is 2. The van der Waals surface area contributed by atoms with Crippen LogP contribution >= 0.6 is 34.9 Å². The molecule has 0 saturated heterocycles. The molecule has 0 aliphatic carbocycles. The molecule has 0 saturated carbocycles. The van der Waals surface area contributed by atoms with E-state index in [1.54, 1.807) is 40.5 Å². The standard InChI is InChI=1S/C25H24N4O4S3/c1-15(30)28-9-8-19-20(13-28)36-23-22(19)24(32)29(12-17-6-4-10-33-17)25(27-23)35-14-21(31)26-16-5-3-7-18(11-16)34-2/h3-7,10-11H,8-9,12-14H2,1-2H3,(H,26,31). The van der Waals surface area contributed by atoms with E-state index in [0.29, 0.717) is 40.6 Å². The van der Waals surface area contributed by atoms with Gasteiger partial charge in [-0.15, -0.1) is 23.1 Å². The fourth-order valence-corrected chi connectivity index (χ4v) is 6.70. The van der Waals surface area contributed by atoms with Crippen molar-refractivity contribution in [3.8, 4) is 0 Å². The molecule has 3 aromatic heterocycles. The molecule has 36 heavy (non-hydrogen) atoms. The Morgan fingerprint density at radius 3 is 2.86 bits per heavy atom. The van der Waals surface area contributed by atoms with Crippen LogP contribution in [0.15, 0.2) is 61.9 Å². The number of thiophene rings is 1. The number of benzene rings is 1. The maximum Gasteiger partial charge on any atom is 0.263 e. The molecule has 0 spiro atoms. The summed E-state index contributed by atoms with van der Waals surface area (Å²) in [6, 6.07) is 11.2. The maximum absolute atomic E-state index is 13.7. The second kappa shape index (κ2) is 10.5. The molecule has 0 unspecified atom stereocenters. The highest BCUT2D eigenvalue weighted by atomic mass is 32.2. The van der Waals surface area contributed by atoms with Gasteiger partial charge in [-0.25, -0.2) is 4.98 Å². The molecule has 186 valence electrons. The van der Waals surface area contributed by atoms with Crippen molar-refractivity contribution in [2.45, 2.75) is 36.5 Å². The number of thioether (sulfide) groups is 2. The zero-order valence-corrected chi connectivity index (χ0v) is 22.2. The van der Waals surface area contributed by atoms with Crippen molar-refractivity contribution in [1.29, 1.82) is 0 Å². The zero-order valence-electron chi connectivity index (χ0n) is 19.8. The monoisotopic (exact) mass is 540 g/mol. The Morgan fingerprint density at radius 2 is 2.11 bits per heavy atom. The van der Waals surface area contributed by atoms with Gasteiger partial charge in [0, 0.05) is 28.9 Å². The predicted molar refractivity (Wildman–Crippen MR) is 144 cm³/mol. The summed E-state index contributed by atoms with van der Waals surface area (Å²) in [5.74, 6) is 0.569. The van der Waals surface area contributed by atoms with Gasteiger partial charge in [0.1, 0.15) is 10.6 Å². The van der Waals surface area contributed by atoms with Crippen LogP contribution in [0.3, 0.4) is 0 Å². The summed E-state index contributed by atoms with van der Waals surface area (Å²) in [4.78, 5) is 47.6. The van der Waals surface area contributed by atoms with Crippen LogP contribution in [0.2, 0.25) is 0 Å². The molecule has 0 radical (unpaired) electrons. The number of hydrogen-bond acceptors (Lipinski definition) is 8. The van der Waals surface area contributed by atoms with E-state index in [0.717, 1.165) is 21.0 Å². The van der Waals surface area contributed by atoms with Gasteiger partial charge in [0.2, 0.25) is 11.8 Å². The number of carbonyl (C=O) groups excluding carboxylic acids is 2. The molecule has 0 fully saturated rings. The Bertz CT molecular complexity index is 1490. The summed E-state index contributed by atoms with van der Waals surface area (Å²) in [6.07, 6.45) is 4.17. The van der Waals surface area contributed by atoms with Crippen LogP contribution in [0.1, 0.15) is 23.1 Å². The Labute approximate surface area is 220 Å². The minimum atomic E-state index is -0.181. The minimum Gasteiger partial charge on any atom is -0.467 e. The summed E-state index contributed by atoms with van der Waals surface area (Å²) >= 11 is 4.28. The Balaban J connectivity index is 1.45. The van der Waals surface area contributed by atoms with Gasteiger partial charge < -0.3 is 14.6 Å². The van der Waals surface area contributed by atoms with E-state index in [2.05, 4.69) is 5.32 Å². The van der Waals surface area contributed by atoms with Crippen molar-refractivity contribution in [3.05, 3.63) is 69.2 Å². The lowest BCUT2D eigenvalue weighted by Crippen LogP contribution is -2.34. The number of anilines is 1. The van der Waals surface area contributed by atoms with Crippen molar-refractivity contribution in [2.75, 3.05) is 23.9 Å². The van der Waals surface area contributed by atoms with Crippen LogP contribution in [0.5, 0.6) is 0 Å². The van der Waals surface area contributed by atoms with Gasteiger partial charge in [0.05, 0.1) is 30.5 Å². The number of fused-ring (bicyclic) bond motifs is 3. The topological polar surface area (TPSA) is 97.4 Å². The molecular formula is C25H24N4O4S3. The van der Waals surface area contributed by atoms with E-state index >= 15 is 0 Å². The minimum absolute atomic E-state index is 0.0200. The van der Waals surface area contributed by atoms with Gasteiger partial charge in [-0.3, -0.25) is 19.0 Å². The molecule has 0 bridgehead atoms. The van der Waals surface area contributed by atoms with Crippen LogP contribution < -0.4 is 10.9 Å². The highest BCUT2D eigenvalue weighted by Crippen LogP contribution is 2.34. The smallest absolute Gasteiger partial charge is 0.263 e. The predicted octanol–water partition coefficient (Wildman–Crippen LogP) is 4.46. The average molecular weight is 541 g/mol. The molecule has 2 amide bonds. The first-order valence-corrected chi connectivity index (χ1v) is 14.4. The number of aromatic nitrogens is 2. The number of furan rings is 1. The molecule has 4 aromatic rings. The summed E-state index contributed by atoms with van der Waals surface area (Å²) in [5, 5.41) is 3.98. The summed E-state index contributed by atoms with van der Waals surface area (Å²) in [7, 11) is 0. The van der Waals surface area contributed by atoms with Crippen LogP contribution in [0, 0.1) is 0 Å². The molecule has 4 heterocycles. The third-order valence-electron chi connectivity index (χ3n) is 5.95. The van der Waals surface area contributed by atoms with Crippen molar-refractivity contribution < 1.29 is 14.0 Å². The van der Waals surface area contributed by atoms with E-state index in [4.69, 9.17) is 9.40 Å². The molecular weight excluding hydrogens is 517 g/mol. The molecule has 1 aromatic carbocycles. The van der Waals surface area contributed by atoms with Gasteiger partial charge in [-0.1, -0.05) is 17.8 Å². The van der Waals surface area contributed by atoms with E-state index in [1.165, 1.54) is 23.1 Å². The SMILES string of the molecule is CSc1cccc(NC(=O)CSc2nc3sc4c(c3c(=O)n2Cc2ccco2)CCN(C(C)=O)C4)c1. The third-order valence-corrected chi connectivity index (χ3v) is 8.76. The first-order chi connectivity index (χ1) is 17.4. The van der Waals surface area contributed by atoms with Crippen LogP contribution in [-0.2, 0) is 29.1 Å². The summed E-state index contributed by atoms with van der Waals surface area (Å²) < 4.78 is 7.08. The van der Waals surface area contributed by atoms with Crippen LogP contribution in [0.25, 0.3) is 10.2 Å². The number of rotatable bonds is 7. The largest absolute Gasteiger partial charge is 0.467 e. The summed E-state index contributed by atoms with van der Waals surface area (Å²) in [6.45, 7) is 2.85. The average Bonchev–Trinajstić information content (AvgIpc) is 3.51. The molecule has 8 nitrogen and oxygen atoms in total. The van der Waals surface area contributed by atoms with Crippen molar-refractivity contribution in [1.82, 2.24) is 14.5 Å². The van der Waals surface area contributed by atoms with Crippen molar-refractivity contribution >= 4 is 62.6 Å². The van der Waals surface area contributed by atoms with Crippen LogP contribution in [0.4, 0.5) is 5.69 Å². The highest BCUT2D eigenvalue weighted by Gasteiger charge is 2.26. The molecule has 1 N–H and O–H groups in total. The Hall–Kier alpha value is -3.02. The third kappa shape index (κ3) is 5.09. The number of nitrogens with one attached hydrogen (secondary N) is 1. The van der Waals surface area contributed by atoms with E-state index in [-0.39, 0.29) is 29.7 Å². The fraction of sp³-hybridized carbons (Fsp3) is 0.280. The number of nitrogens with zero attached hydrogens (tertiary/aromatic N) is 3. The van der Waals surface area contributed by atoms with Gasteiger partial charge in [0.15, 0.2) is 5.16 Å². The van der Waals surface area contributed by atoms with Gasteiger partial charge in [-0.2, -0.15) is 0 Å². The van der Waals surface area contributed by atoms with E-state index in [1.807, 2.05) is 36.6 Å². The fourth-order valence-electron chi connectivity index (χ4n) is 4.16. The maximum atomic E-state index is 13.7. The van der Waals surface area contributed by atoms with Gasteiger partial charge in [0.25, 0.3) is 5.56 Å². The molecule has 0 atom stereocenters. The zero-order chi connectivity index (χ0) is 25.2. The Kier molecular flexibility index (Phi) is 7.22. The second-order valence-electron chi connectivity index (χ2n) is 8.31. The molecule has 11 heteroatoms. The lowest BCUT2D eigenvalue weighted by molar-refractivity contribution is -0.129. The van der Waals surface area contributed by atoms with Gasteiger partial charge in [-0.05, 0) is 48.6 Å².